The van der Waals surface area contributed by atoms with Gasteiger partial charge in [0.1, 0.15) is 5.82 Å². The van der Waals surface area contributed by atoms with Gasteiger partial charge in [-0.25, -0.2) is 4.39 Å². The topological polar surface area (TPSA) is 37.3 Å². The molecule has 0 unspecified atom stereocenters. The summed E-state index contributed by atoms with van der Waals surface area (Å²) in [5, 5.41) is 9.56. The van der Waals surface area contributed by atoms with Crippen molar-refractivity contribution in [3.05, 3.63) is 35.6 Å². The average molecular weight is 248 g/mol. The quantitative estimate of drug-likeness (QED) is 0.869. The third-order valence-corrected chi connectivity index (χ3v) is 4.82. The van der Waals surface area contributed by atoms with Crippen LogP contribution in [0.2, 0.25) is 0 Å². The molecule has 2 fully saturated rings. The maximum atomic E-state index is 12.9. The van der Waals surface area contributed by atoms with Gasteiger partial charge in [0.05, 0.1) is 5.41 Å². The second kappa shape index (κ2) is 3.81. The molecule has 3 rings (SSSR count). The minimum Gasteiger partial charge on any atom is -0.481 e. The minimum absolute atomic E-state index is 0.257. The Hall–Kier alpha value is -1.38. The van der Waals surface area contributed by atoms with Crippen LogP contribution in [0.3, 0.4) is 0 Å². The Morgan fingerprint density at radius 2 is 1.67 bits per heavy atom. The summed E-state index contributed by atoms with van der Waals surface area (Å²) in [6.45, 7) is 0. The molecule has 0 amide bonds. The molecular formula is C15H17FO2. The van der Waals surface area contributed by atoms with E-state index in [9.17, 15) is 14.3 Å². The first-order chi connectivity index (χ1) is 8.56. The maximum Gasteiger partial charge on any atom is 0.314 e. The molecule has 2 aliphatic rings. The van der Waals surface area contributed by atoms with Crippen LogP contribution < -0.4 is 0 Å². The van der Waals surface area contributed by atoms with Crippen molar-refractivity contribution in [3.8, 4) is 0 Å². The number of aliphatic carboxylic acids is 1. The molecule has 0 radical (unpaired) electrons. The molecule has 2 aliphatic carbocycles. The van der Waals surface area contributed by atoms with Gasteiger partial charge in [0, 0.05) is 0 Å². The van der Waals surface area contributed by atoms with Gasteiger partial charge in [0.15, 0.2) is 0 Å². The highest BCUT2D eigenvalue weighted by atomic mass is 19.1. The molecule has 0 aliphatic heterocycles. The van der Waals surface area contributed by atoms with Gasteiger partial charge in [-0.05, 0) is 48.8 Å². The molecule has 18 heavy (non-hydrogen) atoms. The first kappa shape index (κ1) is 11.7. The van der Waals surface area contributed by atoms with Crippen LogP contribution >= 0.6 is 0 Å². The molecule has 1 aromatic carbocycles. The number of carboxylic acid groups (broad SMARTS) is 1. The van der Waals surface area contributed by atoms with Crippen molar-refractivity contribution >= 4 is 5.97 Å². The van der Waals surface area contributed by atoms with E-state index in [0.717, 1.165) is 31.2 Å². The molecule has 1 aromatic rings. The molecular weight excluding hydrogens is 231 g/mol. The van der Waals surface area contributed by atoms with E-state index in [-0.39, 0.29) is 11.2 Å². The molecule has 2 saturated carbocycles. The van der Waals surface area contributed by atoms with Crippen LogP contribution in [-0.4, -0.2) is 11.1 Å². The third kappa shape index (κ3) is 1.57. The number of halogens is 1. The number of hydrogen-bond acceptors (Lipinski definition) is 1. The van der Waals surface area contributed by atoms with E-state index in [1.165, 1.54) is 25.0 Å². The Morgan fingerprint density at radius 1 is 1.11 bits per heavy atom. The number of hydrogen-bond donors (Lipinski definition) is 1. The zero-order chi connectivity index (χ0) is 12.8. The number of carboxylic acids is 1. The lowest BCUT2D eigenvalue weighted by molar-refractivity contribution is -0.154. The van der Waals surface area contributed by atoms with E-state index in [4.69, 9.17) is 0 Å². The van der Waals surface area contributed by atoms with Crippen molar-refractivity contribution in [3.63, 3.8) is 0 Å². The van der Waals surface area contributed by atoms with Gasteiger partial charge < -0.3 is 5.11 Å². The Kier molecular flexibility index (Phi) is 2.47. The Bertz CT molecular complexity index is 464. The predicted octanol–water partition coefficient (Wildman–Crippen LogP) is 3.50. The van der Waals surface area contributed by atoms with Crippen molar-refractivity contribution in [2.75, 3.05) is 0 Å². The van der Waals surface area contributed by atoms with Crippen LogP contribution in [-0.2, 0) is 10.2 Å². The standard InChI is InChI=1S/C15H17FO2/c16-12-5-3-11(4-6-12)15(13(17)18)9-14(10-15)7-1-2-8-14/h3-6H,1-2,7-10H2,(H,17,18). The van der Waals surface area contributed by atoms with Crippen molar-refractivity contribution in [2.45, 2.75) is 43.9 Å². The summed E-state index contributed by atoms with van der Waals surface area (Å²) in [5.41, 5.74) is 0.249. The van der Waals surface area contributed by atoms with Crippen LogP contribution in [0, 0.1) is 11.2 Å². The molecule has 1 N–H and O–H groups in total. The molecule has 0 bridgehead atoms. The van der Waals surface area contributed by atoms with Crippen LogP contribution in [0.5, 0.6) is 0 Å². The van der Waals surface area contributed by atoms with Crippen molar-refractivity contribution in [2.24, 2.45) is 5.41 Å². The van der Waals surface area contributed by atoms with Crippen LogP contribution in [0.4, 0.5) is 4.39 Å². The fourth-order valence-electron chi connectivity index (χ4n) is 3.95. The molecule has 0 heterocycles. The minimum atomic E-state index is -0.766. The summed E-state index contributed by atoms with van der Waals surface area (Å²) >= 11 is 0. The zero-order valence-corrected chi connectivity index (χ0v) is 10.3. The molecule has 1 spiro atoms. The summed E-state index contributed by atoms with van der Waals surface area (Å²) in [5.74, 6) is -1.07. The molecule has 0 atom stereocenters. The maximum absolute atomic E-state index is 12.9. The van der Waals surface area contributed by atoms with Crippen LogP contribution in [0.25, 0.3) is 0 Å². The summed E-state index contributed by atoms with van der Waals surface area (Å²) < 4.78 is 12.9. The van der Waals surface area contributed by atoms with E-state index >= 15 is 0 Å². The number of benzene rings is 1. The molecule has 0 saturated heterocycles. The lowest BCUT2D eigenvalue weighted by Crippen LogP contribution is -2.53. The normalized spacial score (nSPS) is 23.8. The summed E-state index contributed by atoms with van der Waals surface area (Å²) in [4.78, 5) is 11.6. The Balaban J connectivity index is 1.90. The zero-order valence-electron chi connectivity index (χ0n) is 10.3. The first-order valence-electron chi connectivity index (χ1n) is 6.56. The Labute approximate surface area is 106 Å². The molecule has 2 nitrogen and oxygen atoms in total. The number of rotatable bonds is 2. The second-order valence-corrected chi connectivity index (χ2v) is 5.95. The third-order valence-electron chi connectivity index (χ3n) is 4.82. The smallest absolute Gasteiger partial charge is 0.314 e. The summed E-state index contributed by atoms with van der Waals surface area (Å²) in [6, 6.07) is 5.98. The van der Waals surface area contributed by atoms with E-state index in [1.54, 1.807) is 12.1 Å². The van der Waals surface area contributed by atoms with E-state index < -0.39 is 11.4 Å². The second-order valence-electron chi connectivity index (χ2n) is 5.95. The van der Waals surface area contributed by atoms with Crippen molar-refractivity contribution in [1.82, 2.24) is 0 Å². The van der Waals surface area contributed by atoms with Gasteiger partial charge in [-0.15, -0.1) is 0 Å². The number of carbonyl (C=O) groups is 1. The average Bonchev–Trinajstić information content (AvgIpc) is 2.76. The van der Waals surface area contributed by atoms with E-state index in [2.05, 4.69) is 0 Å². The van der Waals surface area contributed by atoms with Crippen molar-refractivity contribution in [1.29, 1.82) is 0 Å². The van der Waals surface area contributed by atoms with Gasteiger partial charge in [-0.3, -0.25) is 4.79 Å². The fraction of sp³-hybridized carbons (Fsp3) is 0.533. The largest absolute Gasteiger partial charge is 0.481 e. The van der Waals surface area contributed by atoms with Crippen LogP contribution in [0.1, 0.15) is 44.1 Å². The highest BCUT2D eigenvalue weighted by Gasteiger charge is 2.60. The van der Waals surface area contributed by atoms with Gasteiger partial charge in [-0.2, -0.15) is 0 Å². The molecule has 96 valence electrons. The Morgan fingerprint density at radius 3 is 2.17 bits per heavy atom. The van der Waals surface area contributed by atoms with E-state index in [0.29, 0.717) is 0 Å². The summed E-state index contributed by atoms with van der Waals surface area (Å²) in [6.07, 6.45) is 6.20. The SMILES string of the molecule is O=C(O)C1(c2ccc(F)cc2)CC2(CCCC2)C1. The monoisotopic (exact) mass is 248 g/mol. The fourth-order valence-corrected chi connectivity index (χ4v) is 3.95. The van der Waals surface area contributed by atoms with Gasteiger partial charge in [0.2, 0.25) is 0 Å². The lowest BCUT2D eigenvalue weighted by atomic mass is 9.49. The van der Waals surface area contributed by atoms with Gasteiger partial charge in [-0.1, -0.05) is 25.0 Å². The highest BCUT2D eigenvalue weighted by molar-refractivity contribution is 5.83. The predicted molar refractivity (Wildman–Crippen MR) is 65.8 cm³/mol. The van der Waals surface area contributed by atoms with Crippen LogP contribution in [0.15, 0.2) is 24.3 Å². The molecule has 3 heteroatoms. The highest BCUT2D eigenvalue weighted by Crippen LogP contribution is 2.63. The van der Waals surface area contributed by atoms with E-state index in [1.807, 2.05) is 0 Å². The first-order valence-corrected chi connectivity index (χ1v) is 6.56. The lowest BCUT2D eigenvalue weighted by Gasteiger charge is -2.52. The summed E-state index contributed by atoms with van der Waals surface area (Å²) in [7, 11) is 0. The van der Waals surface area contributed by atoms with Gasteiger partial charge in [0.25, 0.3) is 0 Å². The van der Waals surface area contributed by atoms with Gasteiger partial charge >= 0.3 is 5.97 Å². The molecule has 0 aromatic heterocycles. The van der Waals surface area contributed by atoms with Crippen molar-refractivity contribution < 1.29 is 14.3 Å².